The second-order valence-corrected chi connectivity index (χ2v) is 4.62. The molecule has 0 aromatic rings. The molecule has 1 aliphatic rings. The Morgan fingerprint density at radius 2 is 2.07 bits per heavy atom. The van der Waals surface area contributed by atoms with E-state index in [4.69, 9.17) is 27.9 Å². The predicted molar refractivity (Wildman–Crippen MR) is 52.0 cm³/mol. The summed E-state index contributed by atoms with van der Waals surface area (Å²) < 4.78 is 5.28. The molecule has 1 heterocycles. The van der Waals surface area contributed by atoms with E-state index in [0.717, 1.165) is 4.90 Å². The van der Waals surface area contributed by atoms with Gasteiger partial charge in [-0.15, -0.1) is 0 Å². The second kappa shape index (κ2) is 3.68. The molecule has 0 aromatic carbocycles. The van der Waals surface area contributed by atoms with Crippen LogP contribution in [-0.4, -0.2) is 33.4 Å². The molecule has 0 spiro atoms. The zero-order valence-electron chi connectivity index (χ0n) is 8.08. The molecule has 0 aliphatic carbocycles. The minimum Gasteiger partial charge on any atom is -0.343 e. The molecular weight excluding hydrogens is 229 g/mol. The van der Waals surface area contributed by atoms with E-state index in [1.54, 1.807) is 20.8 Å². The number of ether oxygens (including phenoxy) is 1. The van der Waals surface area contributed by atoms with Crippen molar-refractivity contribution in [3.05, 3.63) is 0 Å². The molecule has 1 atom stereocenters. The van der Waals surface area contributed by atoms with Crippen LogP contribution in [0.2, 0.25) is 0 Å². The van der Waals surface area contributed by atoms with Gasteiger partial charge < -0.3 is 4.74 Å². The van der Waals surface area contributed by atoms with Gasteiger partial charge in [-0.05, 0) is 20.8 Å². The van der Waals surface area contributed by atoms with E-state index in [0.29, 0.717) is 0 Å². The lowest BCUT2D eigenvalue weighted by Crippen LogP contribution is -2.48. The Kier molecular flexibility index (Phi) is 3.09. The number of nitrogens with zero attached hydrogens (tertiary/aromatic N) is 1. The molecule has 14 heavy (non-hydrogen) atoms. The Morgan fingerprint density at radius 3 is 2.36 bits per heavy atom. The standard InChI is InChI=1S/C8H11Cl2NO3/c1-4-6(12)11(7(13)5(9)10)8(2,3)14-4/h4-5H,1-3H3. The summed E-state index contributed by atoms with van der Waals surface area (Å²) >= 11 is 10.8. The van der Waals surface area contributed by atoms with Gasteiger partial charge >= 0.3 is 0 Å². The zero-order chi connectivity index (χ0) is 11.1. The highest BCUT2D eigenvalue weighted by Crippen LogP contribution is 2.29. The summed E-state index contributed by atoms with van der Waals surface area (Å²) in [5.41, 5.74) is -0.977. The maximum atomic E-state index is 11.5. The van der Waals surface area contributed by atoms with Crippen LogP contribution in [0.1, 0.15) is 20.8 Å². The van der Waals surface area contributed by atoms with Gasteiger partial charge in [0, 0.05) is 0 Å². The van der Waals surface area contributed by atoms with Crippen molar-refractivity contribution < 1.29 is 14.3 Å². The third kappa shape index (κ3) is 1.87. The molecule has 1 fully saturated rings. The lowest BCUT2D eigenvalue weighted by atomic mass is 10.2. The van der Waals surface area contributed by atoms with E-state index < -0.39 is 28.5 Å². The maximum absolute atomic E-state index is 11.5. The van der Waals surface area contributed by atoms with Crippen LogP contribution in [0.3, 0.4) is 0 Å². The molecule has 0 bridgehead atoms. The molecule has 4 nitrogen and oxygen atoms in total. The van der Waals surface area contributed by atoms with Gasteiger partial charge in [0.05, 0.1) is 0 Å². The van der Waals surface area contributed by atoms with E-state index in [9.17, 15) is 9.59 Å². The number of carbonyl (C=O) groups is 2. The first-order chi connectivity index (χ1) is 6.27. The van der Waals surface area contributed by atoms with Gasteiger partial charge in [-0.2, -0.15) is 0 Å². The van der Waals surface area contributed by atoms with Crippen molar-refractivity contribution in [1.82, 2.24) is 4.90 Å². The summed E-state index contributed by atoms with van der Waals surface area (Å²) in [7, 11) is 0. The Bertz CT molecular complexity index is 278. The fraction of sp³-hybridized carbons (Fsp3) is 0.750. The van der Waals surface area contributed by atoms with E-state index in [1.165, 1.54) is 0 Å². The van der Waals surface area contributed by atoms with E-state index in [1.807, 2.05) is 0 Å². The average molecular weight is 240 g/mol. The molecule has 0 aromatic heterocycles. The summed E-state index contributed by atoms with van der Waals surface area (Å²) in [4.78, 5) is 22.7. The van der Waals surface area contributed by atoms with Crippen molar-refractivity contribution in [2.75, 3.05) is 0 Å². The number of hydrogen-bond acceptors (Lipinski definition) is 3. The molecule has 0 saturated carbocycles. The first-order valence-electron chi connectivity index (χ1n) is 4.11. The molecule has 1 aliphatic heterocycles. The topological polar surface area (TPSA) is 46.6 Å². The lowest BCUT2D eigenvalue weighted by Gasteiger charge is -2.28. The Labute approximate surface area is 92.1 Å². The number of rotatable bonds is 1. The highest BCUT2D eigenvalue weighted by molar-refractivity contribution is 6.54. The molecule has 0 radical (unpaired) electrons. The molecule has 0 N–H and O–H groups in total. The largest absolute Gasteiger partial charge is 0.343 e. The van der Waals surface area contributed by atoms with Crippen LogP contribution in [0.15, 0.2) is 0 Å². The van der Waals surface area contributed by atoms with Crippen LogP contribution in [0.25, 0.3) is 0 Å². The van der Waals surface area contributed by atoms with Gasteiger partial charge in [0.1, 0.15) is 11.8 Å². The molecule has 1 rings (SSSR count). The number of amides is 2. The monoisotopic (exact) mass is 239 g/mol. The SMILES string of the molecule is CC1OC(C)(C)N(C(=O)C(Cl)Cl)C1=O. The summed E-state index contributed by atoms with van der Waals surface area (Å²) in [5.74, 6) is -1.06. The quantitative estimate of drug-likeness (QED) is 0.649. The van der Waals surface area contributed by atoms with Crippen LogP contribution in [0, 0.1) is 0 Å². The molecule has 6 heteroatoms. The minimum atomic E-state index is -1.24. The van der Waals surface area contributed by atoms with Crippen LogP contribution < -0.4 is 0 Å². The highest BCUT2D eigenvalue weighted by Gasteiger charge is 2.48. The van der Waals surface area contributed by atoms with Crippen molar-refractivity contribution in [3.63, 3.8) is 0 Å². The van der Waals surface area contributed by atoms with Gasteiger partial charge in [-0.1, -0.05) is 23.2 Å². The van der Waals surface area contributed by atoms with Gasteiger partial charge in [0.15, 0.2) is 4.84 Å². The molecule has 1 unspecified atom stereocenters. The van der Waals surface area contributed by atoms with Crippen molar-refractivity contribution in [3.8, 4) is 0 Å². The number of halogens is 2. The average Bonchev–Trinajstić information content (AvgIpc) is 2.20. The normalized spacial score (nSPS) is 26.0. The maximum Gasteiger partial charge on any atom is 0.264 e. The molecular formula is C8H11Cl2NO3. The van der Waals surface area contributed by atoms with Crippen molar-refractivity contribution >= 4 is 35.0 Å². The Balaban J connectivity index is 2.97. The summed E-state index contributed by atoms with van der Waals surface area (Å²) in [5, 5.41) is 0. The van der Waals surface area contributed by atoms with Crippen molar-refractivity contribution in [2.45, 2.75) is 37.4 Å². The third-order valence-electron chi connectivity index (χ3n) is 1.98. The van der Waals surface area contributed by atoms with Gasteiger partial charge in [0.2, 0.25) is 0 Å². The zero-order valence-corrected chi connectivity index (χ0v) is 9.59. The first-order valence-corrected chi connectivity index (χ1v) is 4.98. The van der Waals surface area contributed by atoms with Gasteiger partial charge in [0.25, 0.3) is 11.8 Å². The lowest BCUT2D eigenvalue weighted by molar-refractivity contribution is -0.150. The molecule has 80 valence electrons. The van der Waals surface area contributed by atoms with Crippen LogP contribution >= 0.6 is 23.2 Å². The first kappa shape index (κ1) is 11.8. The number of carbonyl (C=O) groups excluding carboxylic acids is 2. The summed E-state index contributed by atoms with van der Waals surface area (Å²) in [6.07, 6.45) is -0.638. The van der Waals surface area contributed by atoms with Gasteiger partial charge in [-0.25, -0.2) is 4.90 Å². The smallest absolute Gasteiger partial charge is 0.264 e. The van der Waals surface area contributed by atoms with E-state index in [-0.39, 0.29) is 0 Å². The minimum absolute atomic E-state index is 0.411. The number of alkyl halides is 2. The predicted octanol–water partition coefficient (Wildman–Crippen LogP) is 1.30. The number of imide groups is 1. The molecule has 1 saturated heterocycles. The van der Waals surface area contributed by atoms with Crippen molar-refractivity contribution in [2.24, 2.45) is 0 Å². The van der Waals surface area contributed by atoms with Crippen LogP contribution in [0.4, 0.5) is 0 Å². The number of hydrogen-bond donors (Lipinski definition) is 0. The summed E-state index contributed by atoms with van der Waals surface area (Å²) in [6, 6.07) is 0. The highest BCUT2D eigenvalue weighted by atomic mass is 35.5. The summed E-state index contributed by atoms with van der Waals surface area (Å²) in [6.45, 7) is 4.81. The van der Waals surface area contributed by atoms with Crippen LogP contribution in [0.5, 0.6) is 0 Å². The van der Waals surface area contributed by atoms with Gasteiger partial charge in [-0.3, -0.25) is 9.59 Å². The third-order valence-corrected chi connectivity index (χ3v) is 2.35. The molecule has 2 amide bonds. The van der Waals surface area contributed by atoms with E-state index in [2.05, 4.69) is 0 Å². The van der Waals surface area contributed by atoms with Crippen molar-refractivity contribution in [1.29, 1.82) is 0 Å². The second-order valence-electron chi connectivity index (χ2n) is 3.52. The van der Waals surface area contributed by atoms with E-state index >= 15 is 0 Å². The Morgan fingerprint density at radius 1 is 1.57 bits per heavy atom. The Hall–Kier alpha value is -0.320. The fourth-order valence-electron chi connectivity index (χ4n) is 1.45. The van der Waals surface area contributed by atoms with Crippen LogP contribution in [-0.2, 0) is 14.3 Å². The fourth-order valence-corrected chi connectivity index (χ4v) is 1.65.